The Bertz CT molecular complexity index is 802. The van der Waals surface area contributed by atoms with E-state index in [1.54, 1.807) is 0 Å². The molecule has 0 unspecified atom stereocenters. The molecule has 1 heterocycles. The summed E-state index contributed by atoms with van der Waals surface area (Å²) < 4.78 is 6.07. The molecule has 0 atom stereocenters. The van der Waals surface area contributed by atoms with Crippen molar-refractivity contribution in [2.75, 3.05) is 0 Å². The van der Waals surface area contributed by atoms with E-state index in [9.17, 15) is 0 Å². The van der Waals surface area contributed by atoms with Crippen molar-refractivity contribution < 1.29 is 4.74 Å². The van der Waals surface area contributed by atoms with Crippen LogP contribution in [0.4, 0.5) is 0 Å². The fraction of sp³-hybridized carbons (Fsp3) is 0.118. The maximum absolute atomic E-state index is 6.17. The first-order chi connectivity index (χ1) is 10.2. The number of rotatable bonds is 3. The number of nitrogens with zero attached hydrogens (tertiary/aromatic N) is 1. The number of para-hydroxylation sites is 1. The van der Waals surface area contributed by atoms with E-state index < -0.39 is 0 Å². The number of pyridine rings is 1. The molecule has 3 aromatic rings. The number of ether oxygens (including phenoxy) is 1. The molecule has 3 rings (SSSR count). The van der Waals surface area contributed by atoms with Crippen molar-refractivity contribution in [1.29, 1.82) is 0 Å². The lowest BCUT2D eigenvalue weighted by atomic mass is 10.1. The minimum absolute atomic E-state index is 0.330. The molecule has 1 aromatic heterocycles. The minimum Gasteiger partial charge on any atom is -0.456 e. The lowest BCUT2D eigenvalue weighted by Crippen LogP contribution is -2.01. The molecular formula is C17H15ClN2O. The van der Waals surface area contributed by atoms with Crippen molar-refractivity contribution in [3.63, 3.8) is 0 Å². The Labute approximate surface area is 128 Å². The SMILES string of the molecule is Cc1cc(Oc2cccc(Cl)c2CN)c2ccccc2n1. The van der Waals surface area contributed by atoms with Crippen molar-refractivity contribution in [3.8, 4) is 11.5 Å². The van der Waals surface area contributed by atoms with Gasteiger partial charge in [0.05, 0.1) is 5.52 Å². The second-order valence-corrected chi connectivity index (χ2v) is 5.21. The molecule has 2 N–H and O–H groups in total. The van der Waals surface area contributed by atoms with E-state index in [1.165, 1.54) is 0 Å². The summed E-state index contributed by atoms with van der Waals surface area (Å²) in [4.78, 5) is 4.51. The van der Waals surface area contributed by atoms with Crippen LogP contribution in [0.2, 0.25) is 5.02 Å². The van der Waals surface area contributed by atoms with Crippen LogP contribution in [0.3, 0.4) is 0 Å². The Balaban J connectivity index is 2.12. The van der Waals surface area contributed by atoms with Crippen LogP contribution in [0.5, 0.6) is 11.5 Å². The summed E-state index contributed by atoms with van der Waals surface area (Å²) in [6.07, 6.45) is 0. The molecule has 0 fully saturated rings. The third-order valence-electron chi connectivity index (χ3n) is 3.31. The monoisotopic (exact) mass is 298 g/mol. The average molecular weight is 299 g/mol. The highest BCUT2D eigenvalue weighted by molar-refractivity contribution is 6.31. The van der Waals surface area contributed by atoms with Crippen LogP contribution in [-0.4, -0.2) is 4.98 Å². The summed E-state index contributed by atoms with van der Waals surface area (Å²) in [5.41, 5.74) is 8.38. The van der Waals surface area contributed by atoms with Crippen LogP contribution in [0.1, 0.15) is 11.3 Å². The number of fused-ring (bicyclic) bond motifs is 1. The summed E-state index contributed by atoms with van der Waals surface area (Å²) >= 11 is 6.17. The van der Waals surface area contributed by atoms with Gasteiger partial charge in [0.25, 0.3) is 0 Å². The highest BCUT2D eigenvalue weighted by Gasteiger charge is 2.10. The lowest BCUT2D eigenvalue weighted by molar-refractivity contribution is 0.481. The molecule has 3 nitrogen and oxygen atoms in total. The van der Waals surface area contributed by atoms with Crippen molar-refractivity contribution in [3.05, 3.63) is 64.8 Å². The summed E-state index contributed by atoms with van der Waals surface area (Å²) in [5.74, 6) is 1.44. The number of hydrogen-bond donors (Lipinski definition) is 1. The Hall–Kier alpha value is -2.10. The van der Waals surface area contributed by atoms with Gasteiger partial charge in [-0.25, -0.2) is 0 Å². The topological polar surface area (TPSA) is 48.1 Å². The Morgan fingerprint density at radius 1 is 1.10 bits per heavy atom. The fourth-order valence-electron chi connectivity index (χ4n) is 2.30. The predicted molar refractivity (Wildman–Crippen MR) is 85.9 cm³/mol. The second-order valence-electron chi connectivity index (χ2n) is 4.80. The van der Waals surface area contributed by atoms with Gasteiger partial charge in [-0.1, -0.05) is 29.8 Å². The molecule has 21 heavy (non-hydrogen) atoms. The highest BCUT2D eigenvalue weighted by atomic mass is 35.5. The molecule has 2 aromatic carbocycles. The van der Waals surface area contributed by atoms with Crippen LogP contribution in [0, 0.1) is 6.92 Å². The van der Waals surface area contributed by atoms with Gasteiger partial charge in [0.15, 0.2) is 0 Å². The summed E-state index contributed by atoms with van der Waals surface area (Å²) in [7, 11) is 0. The number of nitrogens with two attached hydrogens (primary N) is 1. The average Bonchev–Trinajstić information content (AvgIpc) is 2.47. The molecule has 0 saturated heterocycles. The van der Waals surface area contributed by atoms with Crippen LogP contribution in [-0.2, 0) is 6.54 Å². The van der Waals surface area contributed by atoms with E-state index >= 15 is 0 Å². The van der Waals surface area contributed by atoms with Crippen molar-refractivity contribution in [2.24, 2.45) is 5.73 Å². The molecule has 0 amide bonds. The molecule has 0 aliphatic carbocycles. The van der Waals surface area contributed by atoms with Crippen LogP contribution in [0.15, 0.2) is 48.5 Å². The summed E-state index contributed by atoms with van der Waals surface area (Å²) in [6.45, 7) is 2.28. The molecule has 0 aliphatic rings. The number of aromatic nitrogens is 1. The first kappa shape index (κ1) is 13.9. The Kier molecular flexibility index (Phi) is 3.78. The van der Waals surface area contributed by atoms with Gasteiger partial charge >= 0.3 is 0 Å². The zero-order valence-electron chi connectivity index (χ0n) is 11.6. The first-order valence-corrected chi connectivity index (χ1v) is 7.08. The van der Waals surface area contributed by atoms with Crippen molar-refractivity contribution >= 4 is 22.5 Å². The maximum Gasteiger partial charge on any atom is 0.138 e. The normalized spacial score (nSPS) is 10.8. The van der Waals surface area contributed by atoms with Crippen LogP contribution < -0.4 is 10.5 Å². The lowest BCUT2D eigenvalue weighted by Gasteiger charge is -2.13. The fourth-order valence-corrected chi connectivity index (χ4v) is 2.55. The molecule has 0 bridgehead atoms. The summed E-state index contributed by atoms with van der Waals surface area (Å²) in [5, 5.41) is 1.58. The number of aryl methyl sites for hydroxylation is 1. The molecule has 106 valence electrons. The first-order valence-electron chi connectivity index (χ1n) is 6.70. The molecule has 4 heteroatoms. The Morgan fingerprint density at radius 3 is 2.71 bits per heavy atom. The number of benzene rings is 2. The molecule has 0 aliphatic heterocycles. The standard InChI is InChI=1S/C17H15ClN2O/c1-11-9-17(12-5-2-3-7-15(12)20-11)21-16-8-4-6-14(18)13(16)10-19/h2-9H,10,19H2,1H3. The third kappa shape index (κ3) is 2.71. The van der Waals surface area contributed by atoms with E-state index in [1.807, 2.05) is 55.5 Å². The second kappa shape index (κ2) is 5.72. The van der Waals surface area contributed by atoms with E-state index in [4.69, 9.17) is 22.1 Å². The van der Waals surface area contributed by atoms with Gasteiger partial charge in [-0.3, -0.25) is 4.98 Å². The van der Waals surface area contributed by atoms with E-state index in [0.29, 0.717) is 17.3 Å². The van der Waals surface area contributed by atoms with Gasteiger partial charge < -0.3 is 10.5 Å². The number of hydrogen-bond acceptors (Lipinski definition) is 3. The van der Waals surface area contributed by atoms with Gasteiger partial charge in [-0.05, 0) is 31.2 Å². The molecule has 0 saturated carbocycles. The van der Waals surface area contributed by atoms with E-state index in [2.05, 4.69) is 4.98 Å². The van der Waals surface area contributed by atoms with E-state index in [0.717, 1.165) is 27.9 Å². The molecule has 0 radical (unpaired) electrons. The van der Waals surface area contributed by atoms with Gasteiger partial charge in [0, 0.05) is 34.3 Å². The van der Waals surface area contributed by atoms with Crippen LogP contribution >= 0.6 is 11.6 Å². The van der Waals surface area contributed by atoms with Crippen LogP contribution in [0.25, 0.3) is 10.9 Å². The third-order valence-corrected chi connectivity index (χ3v) is 3.66. The van der Waals surface area contributed by atoms with Crippen molar-refractivity contribution in [2.45, 2.75) is 13.5 Å². The van der Waals surface area contributed by atoms with Crippen molar-refractivity contribution in [1.82, 2.24) is 4.98 Å². The Morgan fingerprint density at radius 2 is 1.90 bits per heavy atom. The van der Waals surface area contributed by atoms with Gasteiger partial charge in [0.1, 0.15) is 11.5 Å². The predicted octanol–water partition coefficient (Wildman–Crippen LogP) is 4.45. The smallest absolute Gasteiger partial charge is 0.138 e. The zero-order chi connectivity index (χ0) is 14.8. The van der Waals surface area contributed by atoms with Gasteiger partial charge in [0.2, 0.25) is 0 Å². The largest absolute Gasteiger partial charge is 0.456 e. The van der Waals surface area contributed by atoms with Gasteiger partial charge in [-0.2, -0.15) is 0 Å². The van der Waals surface area contributed by atoms with Gasteiger partial charge in [-0.15, -0.1) is 0 Å². The summed E-state index contributed by atoms with van der Waals surface area (Å²) in [6, 6.07) is 15.3. The highest BCUT2D eigenvalue weighted by Crippen LogP contribution is 2.33. The number of halogens is 1. The zero-order valence-corrected chi connectivity index (χ0v) is 12.4. The maximum atomic E-state index is 6.17. The molecule has 0 spiro atoms. The quantitative estimate of drug-likeness (QED) is 0.777. The van der Waals surface area contributed by atoms with E-state index in [-0.39, 0.29) is 0 Å². The minimum atomic E-state index is 0.330. The molecular weight excluding hydrogens is 284 g/mol.